The molecule has 1 saturated carbocycles. The molecule has 0 bridgehead atoms. The van der Waals surface area contributed by atoms with E-state index in [0.717, 1.165) is 36.8 Å². The zero-order valence-corrected chi connectivity index (χ0v) is 35.7. The number of hydrogen-bond acceptors (Lipinski definition) is 13. The van der Waals surface area contributed by atoms with Crippen molar-refractivity contribution in [3.05, 3.63) is 112 Å². The molecule has 3 aromatic rings. The van der Waals surface area contributed by atoms with Gasteiger partial charge in [-0.1, -0.05) is 30.1 Å². The lowest BCUT2D eigenvalue weighted by Gasteiger charge is -2.59. The molecule has 1 aliphatic heterocycles. The van der Waals surface area contributed by atoms with Gasteiger partial charge in [0.2, 0.25) is 5.79 Å². The second-order valence-electron chi connectivity index (χ2n) is 15.5. The average Bonchev–Trinajstić information content (AvgIpc) is 3.28. The van der Waals surface area contributed by atoms with Crippen molar-refractivity contribution in [3.63, 3.8) is 0 Å². The van der Waals surface area contributed by atoms with Gasteiger partial charge in [0.25, 0.3) is 5.69 Å². The number of unbranched alkanes of at least 4 members (excludes halogenated alkanes) is 2. The molecular formula is C46H54ClN3O12. The third-order valence-corrected chi connectivity index (χ3v) is 12.0. The highest BCUT2D eigenvalue weighted by molar-refractivity contribution is 6.18. The number of nitro benzene ring substituents is 1. The summed E-state index contributed by atoms with van der Waals surface area (Å²) in [6.07, 6.45) is 8.19. The van der Waals surface area contributed by atoms with Gasteiger partial charge in [-0.25, -0.2) is 4.79 Å². The van der Waals surface area contributed by atoms with Crippen LogP contribution in [0.3, 0.4) is 0 Å². The summed E-state index contributed by atoms with van der Waals surface area (Å²) >= 11 is 5.94. The maximum Gasteiger partial charge on any atom is 0.410 e. The Morgan fingerprint density at radius 2 is 1.79 bits per heavy atom. The van der Waals surface area contributed by atoms with Crippen LogP contribution in [0.5, 0.6) is 23.0 Å². The van der Waals surface area contributed by atoms with Gasteiger partial charge >= 0.3 is 6.09 Å². The van der Waals surface area contributed by atoms with Crippen LogP contribution in [0.15, 0.2) is 90.1 Å². The highest BCUT2D eigenvalue weighted by atomic mass is 35.5. The van der Waals surface area contributed by atoms with Crippen LogP contribution in [-0.4, -0.2) is 96.4 Å². The van der Waals surface area contributed by atoms with Crippen LogP contribution < -0.4 is 14.2 Å². The van der Waals surface area contributed by atoms with E-state index in [4.69, 9.17) is 45.3 Å². The molecule has 0 saturated heterocycles. The van der Waals surface area contributed by atoms with Crippen LogP contribution in [-0.2, 0) is 20.9 Å². The Labute approximate surface area is 366 Å². The molecule has 2 N–H and O–H groups in total. The second kappa shape index (κ2) is 21.5. The summed E-state index contributed by atoms with van der Waals surface area (Å²) in [6.45, 7) is 4.10. The van der Waals surface area contributed by atoms with E-state index in [1.807, 2.05) is 12.1 Å². The van der Waals surface area contributed by atoms with E-state index in [9.17, 15) is 29.9 Å². The molecule has 1 amide bonds. The second-order valence-corrected chi connectivity index (χ2v) is 15.9. The smallest absolute Gasteiger partial charge is 0.410 e. The molecule has 6 rings (SSSR count). The number of non-ortho nitro benzene ring substituents is 1. The fourth-order valence-electron chi connectivity index (χ4n) is 9.05. The number of halogens is 1. The third-order valence-electron chi connectivity index (χ3n) is 11.8. The fourth-order valence-corrected chi connectivity index (χ4v) is 9.13. The van der Waals surface area contributed by atoms with Gasteiger partial charge < -0.3 is 43.6 Å². The highest BCUT2D eigenvalue weighted by Gasteiger charge is 2.65. The zero-order valence-electron chi connectivity index (χ0n) is 35.0. The Morgan fingerprint density at radius 3 is 2.47 bits per heavy atom. The van der Waals surface area contributed by atoms with Crippen molar-refractivity contribution >= 4 is 35.4 Å². The Hall–Kier alpha value is -5.48. The molecule has 6 atom stereocenters. The number of allylic oxidation sites excluding steroid dienone is 1. The quantitative estimate of drug-likeness (QED) is 0.0246. The van der Waals surface area contributed by atoms with Crippen LogP contribution in [0.25, 0.3) is 0 Å². The lowest BCUT2D eigenvalue weighted by atomic mass is 9.55. The summed E-state index contributed by atoms with van der Waals surface area (Å²) < 4.78 is 31.3. The van der Waals surface area contributed by atoms with Gasteiger partial charge in [-0.3, -0.25) is 14.9 Å². The number of carbonyl (C=O) groups is 2. The number of rotatable bonds is 22. The first kappa shape index (κ1) is 46.0. The first-order valence-corrected chi connectivity index (χ1v) is 21.4. The molecule has 0 radical (unpaired) electrons. The molecule has 3 aliphatic rings. The molecular weight excluding hydrogens is 822 g/mol. The topological polar surface area (TPSA) is 189 Å². The van der Waals surface area contributed by atoms with Gasteiger partial charge in [-0.2, -0.15) is 0 Å². The number of nitro groups is 1. The Bertz CT molecular complexity index is 2110. The van der Waals surface area contributed by atoms with E-state index >= 15 is 0 Å². The molecule has 1 fully saturated rings. The zero-order chi connectivity index (χ0) is 44.2. The number of amides is 1. The summed E-state index contributed by atoms with van der Waals surface area (Å²) in [5.41, 5.74) is 3.16. The molecule has 2 aliphatic carbocycles. The molecule has 15 nitrogen and oxygen atoms in total. The van der Waals surface area contributed by atoms with Crippen molar-refractivity contribution in [1.82, 2.24) is 4.90 Å². The number of methoxy groups -OCH3 is 1. The lowest BCUT2D eigenvalue weighted by molar-refractivity contribution is -0.384. The molecule has 62 heavy (non-hydrogen) atoms. The Kier molecular flexibility index (Phi) is 16.0. The summed E-state index contributed by atoms with van der Waals surface area (Å²) in [5, 5.41) is 35.8. The number of aliphatic hydroxyl groups is 2. The van der Waals surface area contributed by atoms with Gasteiger partial charge in [-0.05, 0) is 97.2 Å². The van der Waals surface area contributed by atoms with Crippen LogP contribution >= 0.6 is 11.6 Å². The number of likely N-dealkylation sites (N-methyl/N-ethyl adjacent to an activating group) is 1. The highest BCUT2D eigenvalue weighted by Crippen LogP contribution is 2.62. The van der Waals surface area contributed by atoms with E-state index in [2.05, 4.69) is 12.7 Å². The summed E-state index contributed by atoms with van der Waals surface area (Å²) in [7, 11) is 3.11. The number of aldehydes is 1. The minimum Gasteiger partial charge on any atom is -0.496 e. The third kappa shape index (κ3) is 10.1. The molecule has 1 heterocycles. The van der Waals surface area contributed by atoms with Gasteiger partial charge in [0.15, 0.2) is 6.29 Å². The molecule has 332 valence electrons. The van der Waals surface area contributed by atoms with Crippen LogP contribution in [0.1, 0.15) is 72.3 Å². The summed E-state index contributed by atoms with van der Waals surface area (Å²) in [4.78, 5) is 44.0. The van der Waals surface area contributed by atoms with E-state index in [-0.39, 0.29) is 68.8 Å². The normalized spacial score (nSPS) is 22.9. The summed E-state index contributed by atoms with van der Waals surface area (Å²) in [6, 6.07) is 15.7. The number of nitrogens with zero attached hydrogens (tertiary/aromatic N) is 3. The molecule has 6 unspecified atom stereocenters. The summed E-state index contributed by atoms with van der Waals surface area (Å²) in [5.74, 6) is -0.553. The van der Waals surface area contributed by atoms with Crippen molar-refractivity contribution in [2.75, 3.05) is 46.5 Å². The number of ether oxygens (including phenoxy) is 5. The molecule has 16 heteroatoms. The molecule has 0 aromatic heterocycles. The standard InChI is InChI=1S/C46H54ClN3O12/c1-4-22-59-46-42(49(2)45(54)58-23-19-47)27-39(48-60-29-30-11-13-33(14-12-30)50(55)56)37-25-31(9-5-7-20-51)36(10-6-8-21-52)43(44(37)46)38-26-35(16-18-41(38)62-46)61-34-15-17-40(57-3)32(24-34)28-53/h4,11-18,24-26,28,31,36,42-44,51-52H,1,5-10,19-23,27,29H2,2-3H3. The van der Waals surface area contributed by atoms with E-state index in [0.29, 0.717) is 59.0 Å². The predicted octanol–water partition coefficient (Wildman–Crippen LogP) is 8.35. The van der Waals surface area contributed by atoms with Gasteiger partial charge in [0.1, 0.15) is 42.3 Å². The minimum absolute atomic E-state index is 0.0141. The number of hydrogen-bond donors (Lipinski definition) is 2. The van der Waals surface area contributed by atoms with E-state index < -0.39 is 28.8 Å². The number of benzene rings is 3. The maximum absolute atomic E-state index is 13.8. The first-order chi connectivity index (χ1) is 30.1. The monoisotopic (exact) mass is 875 g/mol. The van der Waals surface area contributed by atoms with Crippen molar-refractivity contribution in [2.45, 2.75) is 69.3 Å². The van der Waals surface area contributed by atoms with Gasteiger partial charge in [0, 0.05) is 50.3 Å². The van der Waals surface area contributed by atoms with Crippen molar-refractivity contribution in [2.24, 2.45) is 22.9 Å². The van der Waals surface area contributed by atoms with E-state index in [1.165, 1.54) is 24.1 Å². The van der Waals surface area contributed by atoms with Crippen LogP contribution in [0.2, 0.25) is 0 Å². The number of alkyl halides is 1. The Balaban J connectivity index is 1.53. The SMILES string of the molecule is C=CCOC12Oc3ccc(Oc4ccc(OC)c(C=O)c4)cc3C3C(CCCCO)C(CCCCO)C=C(C(=NOCc4ccc([N+](=O)[O-])cc4)CC1N(C)C(=O)OCCCl)C32. The van der Waals surface area contributed by atoms with Crippen molar-refractivity contribution in [1.29, 1.82) is 0 Å². The molecule has 3 aromatic carbocycles. The number of aliphatic hydroxyl groups excluding tert-OH is 2. The largest absolute Gasteiger partial charge is 0.496 e. The molecule has 0 spiro atoms. The average molecular weight is 876 g/mol. The fraction of sp³-hybridized carbons (Fsp3) is 0.457. The number of carbonyl (C=O) groups excluding carboxylic acids is 2. The predicted molar refractivity (Wildman–Crippen MR) is 231 cm³/mol. The van der Waals surface area contributed by atoms with Crippen LogP contribution in [0.4, 0.5) is 10.5 Å². The van der Waals surface area contributed by atoms with Crippen molar-refractivity contribution in [3.8, 4) is 23.0 Å². The Morgan fingerprint density at radius 1 is 1.06 bits per heavy atom. The number of fused-ring (bicyclic) bond motifs is 2. The maximum atomic E-state index is 13.8. The van der Waals surface area contributed by atoms with Gasteiger partial charge in [-0.15, -0.1) is 18.2 Å². The minimum atomic E-state index is -1.51. The van der Waals surface area contributed by atoms with Crippen LogP contribution in [0, 0.1) is 27.9 Å². The lowest BCUT2D eigenvalue weighted by Crippen LogP contribution is -2.69. The van der Waals surface area contributed by atoms with Crippen molar-refractivity contribution < 1.29 is 53.2 Å². The van der Waals surface area contributed by atoms with E-state index in [1.54, 1.807) is 49.5 Å². The number of oxime groups is 1. The first-order valence-electron chi connectivity index (χ1n) is 20.8. The van der Waals surface area contributed by atoms with Gasteiger partial charge in [0.05, 0.1) is 41.7 Å².